The number of rotatable bonds is 3. The summed E-state index contributed by atoms with van der Waals surface area (Å²) in [5.41, 5.74) is 0.994. The van der Waals surface area contributed by atoms with Crippen LogP contribution < -0.4 is 5.32 Å². The van der Waals surface area contributed by atoms with E-state index in [1.54, 1.807) is 17.4 Å². The third-order valence-electron chi connectivity index (χ3n) is 2.78. The highest BCUT2D eigenvalue weighted by atomic mass is 32.2. The Kier molecular flexibility index (Phi) is 2.93. The standard InChI is InChI=1S/C12H12N2O2S2/c15-18(16)6-5-9(8-18)13-7-12-14-10-3-1-2-4-11(10)17-12/h1-6,9,13H,7-8H2. The molecule has 18 heavy (non-hydrogen) atoms. The molecular weight excluding hydrogens is 268 g/mol. The van der Waals surface area contributed by atoms with Crippen LogP contribution in [0.3, 0.4) is 0 Å². The van der Waals surface area contributed by atoms with Crippen molar-refractivity contribution in [2.24, 2.45) is 0 Å². The number of nitrogens with zero attached hydrogens (tertiary/aromatic N) is 1. The molecule has 4 nitrogen and oxygen atoms in total. The Labute approximate surface area is 109 Å². The average Bonchev–Trinajstić information content (AvgIpc) is 2.89. The molecule has 1 unspecified atom stereocenters. The Morgan fingerprint density at radius 2 is 2.22 bits per heavy atom. The zero-order valence-corrected chi connectivity index (χ0v) is 11.2. The molecule has 1 aliphatic rings. The molecule has 0 bridgehead atoms. The summed E-state index contributed by atoms with van der Waals surface area (Å²) in [5, 5.41) is 5.46. The van der Waals surface area contributed by atoms with Gasteiger partial charge in [-0.05, 0) is 12.1 Å². The maximum Gasteiger partial charge on any atom is 0.173 e. The third-order valence-corrected chi connectivity index (χ3v) is 5.22. The highest BCUT2D eigenvalue weighted by Crippen LogP contribution is 2.21. The van der Waals surface area contributed by atoms with Crippen molar-refractivity contribution < 1.29 is 8.42 Å². The average molecular weight is 280 g/mol. The lowest BCUT2D eigenvalue weighted by Crippen LogP contribution is -2.29. The third kappa shape index (κ3) is 2.45. The molecule has 0 fully saturated rings. The summed E-state index contributed by atoms with van der Waals surface area (Å²) in [4.78, 5) is 4.49. The molecule has 0 spiro atoms. The van der Waals surface area contributed by atoms with Gasteiger partial charge in [0, 0.05) is 18.0 Å². The van der Waals surface area contributed by atoms with Gasteiger partial charge in [-0.3, -0.25) is 0 Å². The van der Waals surface area contributed by atoms with Gasteiger partial charge in [-0.25, -0.2) is 13.4 Å². The van der Waals surface area contributed by atoms with Gasteiger partial charge in [0.2, 0.25) is 0 Å². The highest BCUT2D eigenvalue weighted by Gasteiger charge is 2.21. The normalized spacial score (nSPS) is 21.7. The second kappa shape index (κ2) is 4.46. The first-order valence-corrected chi connectivity index (χ1v) is 8.14. The van der Waals surface area contributed by atoms with Crippen LogP contribution in [-0.2, 0) is 16.4 Å². The maximum absolute atomic E-state index is 11.3. The van der Waals surface area contributed by atoms with Gasteiger partial charge in [-0.15, -0.1) is 11.3 Å². The van der Waals surface area contributed by atoms with Crippen LogP contribution in [0.5, 0.6) is 0 Å². The molecule has 1 aromatic carbocycles. The molecule has 0 saturated carbocycles. The first-order chi connectivity index (χ1) is 8.62. The second-order valence-corrected chi connectivity index (χ2v) is 7.27. The number of para-hydroxylation sites is 1. The van der Waals surface area contributed by atoms with Crippen LogP contribution in [0, 0.1) is 0 Å². The van der Waals surface area contributed by atoms with E-state index in [1.807, 2.05) is 24.3 Å². The van der Waals surface area contributed by atoms with Crippen LogP contribution in [-0.4, -0.2) is 25.2 Å². The van der Waals surface area contributed by atoms with Gasteiger partial charge in [-0.1, -0.05) is 18.2 Å². The van der Waals surface area contributed by atoms with E-state index in [4.69, 9.17) is 0 Å². The Bertz CT molecular complexity index is 671. The van der Waals surface area contributed by atoms with Crippen molar-refractivity contribution in [3.63, 3.8) is 0 Å². The molecule has 3 rings (SSSR count). The van der Waals surface area contributed by atoms with Crippen molar-refractivity contribution in [1.29, 1.82) is 0 Å². The highest BCUT2D eigenvalue weighted by molar-refractivity contribution is 7.94. The molecule has 1 atom stereocenters. The van der Waals surface area contributed by atoms with Crippen LogP contribution >= 0.6 is 11.3 Å². The number of nitrogens with one attached hydrogen (secondary N) is 1. The van der Waals surface area contributed by atoms with Gasteiger partial charge >= 0.3 is 0 Å². The van der Waals surface area contributed by atoms with Crippen molar-refractivity contribution in [3.05, 3.63) is 40.8 Å². The van der Waals surface area contributed by atoms with E-state index in [2.05, 4.69) is 10.3 Å². The Morgan fingerprint density at radius 3 is 2.94 bits per heavy atom. The molecule has 94 valence electrons. The minimum absolute atomic E-state index is 0.0954. The summed E-state index contributed by atoms with van der Waals surface area (Å²) < 4.78 is 23.7. The first kappa shape index (κ1) is 11.8. The lowest BCUT2D eigenvalue weighted by molar-refractivity contribution is 0.590. The second-order valence-electron chi connectivity index (χ2n) is 4.22. The van der Waals surface area contributed by atoms with E-state index in [1.165, 1.54) is 5.41 Å². The number of sulfone groups is 1. The molecule has 1 aromatic heterocycles. The van der Waals surface area contributed by atoms with Gasteiger partial charge in [0.25, 0.3) is 0 Å². The zero-order valence-electron chi connectivity index (χ0n) is 9.54. The predicted octanol–water partition coefficient (Wildman–Crippen LogP) is 1.70. The number of benzene rings is 1. The molecule has 1 aliphatic heterocycles. The molecule has 0 saturated heterocycles. The number of thiazole rings is 1. The maximum atomic E-state index is 11.3. The summed E-state index contributed by atoms with van der Waals surface area (Å²) in [6, 6.07) is 7.88. The molecule has 0 aliphatic carbocycles. The van der Waals surface area contributed by atoms with Crippen molar-refractivity contribution in [3.8, 4) is 0 Å². The SMILES string of the molecule is O=S1(=O)C=CC(NCc2nc3ccccc3s2)C1. The van der Waals surface area contributed by atoms with Gasteiger partial charge in [0.05, 0.1) is 16.0 Å². The monoisotopic (exact) mass is 280 g/mol. The number of hydrogen-bond donors (Lipinski definition) is 1. The van der Waals surface area contributed by atoms with Crippen molar-refractivity contribution in [2.45, 2.75) is 12.6 Å². The number of hydrogen-bond acceptors (Lipinski definition) is 5. The Hall–Kier alpha value is -1.24. The fourth-order valence-electron chi connectivity index (χ4n) is 1.92. The fourth-order valence-corrected chi connectivity index (χ4v) is 4.10. The molecule has 1 N–H and O–H groups in total. The minimum Gasteiger partial charge on any atom is -0.303 e. The Balaban J connectivity index is 1.69. The van der Waals surface area contributed by atoms with Crippen LogP contribution in [0.4, 0.5) is 0 Å². The summed E-state index contributed by atoms with van der Waals surface area (Å²) in [7, 11) is -2.98. The molecule has 2 aromatic rings. The largest absolute Gasteiger partial charge is 0.303 e. The predicted molar refractivity (Wildman–Crippen MR) is 73.2 cm³/mol. The lowest BCUT2D eigenvalue weighted by atomic mass is 10.3. The lowest BCUT2D eigenvalue weighted by Gasteiger charge is -2.07. The molecule has 6 heteroatoms. The van der Waals surface area contributed by atoms with E-state index < -0.39 is 9.84 Å². The molecule has 2 heterocycles. The first-order valence-electron chi connectivity index (χ1n) is 5.61. The van der Waals surface area contributed by atoms with Gasteiger partial charge in [-0.2, -0.15) is 0 Å². The quantitative estimate of drug-likeness (QED) is 0.929. The molecular formula is C12H12N2O2S2. The van der Waals surface area contributed by atoms with Crippen LogP contribution in [0.15, 0.2) is 35.7 Å². The zero-order chi connectivity index (χ0) is 12.6. The topological polar surface area (TPSA) is 59.1 Å². The van der Waals surface area contributed by atoms with E-state index in [9.17, 15) is 8.42 Å². The summed E-state index contributed by atoms with van der Waals surface area (Å²) in [6.07, 6.45) is 1.70. The van der Waals surface area contributed by atoms with Crippen molar-refractivity contribution >= 4 is 31.4 Å². The van der Waals surface area contributed by atoms with Crippen LogP contribution in [0.1, 0.15) is 5.01 Å². The van der Waals surface area contributed by atoms with Crippen molar-refractivity contribution in [1.82, 2.24) is 10.3 Å². The molecule has 0 radical (unpaired) electrons. The van der Waals surface area contributed by atoms with Crippen LogP contribution in [0.25, 0.3) is 10.2 Å². The summed E-state index contributed by atoms with van der Waals surface area (Å²) in [5.74, 6) is 0.151. The summed E-state index contributed by atoms with van der Waals surface area (Å²) >= 11 is 1.63. The van der Waals surface area contributed by atoms with Gasteiger partial charge in [0.15, 0.2) is 9.84 Å². The van der Waals surface area contributed by atoms with Crippen LogP contribution in [0.2, 0.25) is 0 Å². The number of fused-ring (bicyclic) bond motifs is 1. The minimum atomic E-state index is -2.98. The fraction of sp³-hybridized carbons (Fsp3) is 0.250. The number of aromatic nitrogens is 1. The van der Waals surface area contributed by atoms with Gasteiger partial charge in [0.1, 0.15) is 5.01 Å². The van der Waals surface area contributed by atoms with E-state index in [-0.39, 0.29) is 11.8 Å². The smallest absolute Gasteiger partial charge is 0.173 e. The van der Waals surface area contributed by atoms with Gasteiger partial charge < -0.3 is 5.32 Å². The van der Waals surface area contributed by atoms with E-state index >= 15 is 0 Å². The van der Waals surface area contributed by atoms with Crippen molar-refractivity contribution in [2.75, 3.05) is 5.75 Å². The summed E-state index contributed by atoms with van der Waals surface area (Å²) in [6.45, 7) is 0.601. The molecule has 0 amide bonds. The van der Waals surface area contributed by atoms with E-state index in [0.29, 0.717) is 6.54 Å². The Morgan fingerprint density at radius 1 is 1.39 bits per heavy atom. The van der Waals surface area contributed by atoms with E-state index in [0.717, 1.165) is 15.2 Å².